The Morgan fingerprint density at radius 3 is 2.41 bits per heavy atom. The van der Waals surface area contributed by atoms with Crippen LogP contribution in [-0.2, 0) is 10.2 Å². The smallest absolute Gasteiger partial charge is 0.223 e. The number of methoxy groups -OCH3 is 1. The second-order valence-corrected chi connectivity index (χ2v) is 7.27. The minimum absolute atomic E-state index is 0. The zero-order valence-corrected chi connectivity index (χ0v) is 16.9. The lowest BCUT2D eigenvalue weighted by Gasteiger charge is -2.20. The van der Waals surface area contributed by atoms with E-state index in [1.807, 2.05) is 24.3 Å². The number of hydrogen-bond acceptors (Lipinski definition) is 4. The van der Waals surface area contributed by atoms with Gasteiger partial charge in [-0.3, -0.25) is 0 Å². The number of rotatable bonds is 5. The summed E-state index contributed by atoms with van der Waals surface area (Å²) in [5.41, 5.74) is 2.46. The maximum absolute atomic E-state index is 14.2. The van der Waals surface area contributed by atoms with Crippen LogP contribution in [0.3, 0.4) is 0 Å². The summed E-state index contributed by atoms with van der Waals surface area (Å²) in [6.07, 6.45) is 0. The van der Waals surface area contributed by atoms with Gasteiger partial charge in [-0.05, 0) is 23.6 Å². The maximum Gasteiger partial charge on any atom is 0.223 e. The van der Waals surface area contributed by atoms with E-state index in [0.717, 1.165) is 22.3 Å². The fourth-order valence-corrected chi connectivity index (χ4v) is 2.80. The van der Waals surface area contributed by atoms with Crippen molar-refractivity contribution >= 4 is 29.1 Å². The molecule has 0 aliphatic heterocycles. The van der Waals surface area contributed by atoms with Gasteiger partial charge in [-0.25, -0.2) is 14.4 Å². The third-order valence-electron chi connectivity index (χ3n) is 4.23. The van der Waals surface area contributed by atoms with Crippen LogP contribution in [-0.4, -0.2) is 30.2 Å². The molecule has 6 heteroatoms. The van der Waals surface area contributed by atoms with Crippen molar-refractivity contribution in [2.24, 2.45) is 0 Å². The average Bonchev–Trinajstić information content (AvgIpc) is 2.61. The van der Waals surface area contributed by atoms with Gasteiger partial charge in [-0.2, -0.15) is 0 Å². The SMILES string of the molecule is COCCNc1nc(-c2ccc(F)c3ccccc23)cc(C(C)(C)C)n1.Cl. The summed E-state index contributed by atoms with van der Waals surface area (Å²) >= 11 is 0. The fourth-order valence-electron chi connectivity index (χ4n) is 2.80. The molecule has 0 unspecified atom stereocenters. The number of nitrogens with one attached hydrogen (secondary N) is 1. The van der Waals surface area contributed by atoms with Crippen LogP contribution in [0.25, 0.3) is 22.0 Å². The molecule has 0 saturated heterocycles. The monoisotopic (exact) mass is 389 g/mol. The Kier molecular flexibility index (Phi) is 6.73. The van der Waals surface area contributed by atoms with Crippen LogP contribution in [0.4, 0.5) is 10.3 Å². The van der Waals surface area contributed by atoms with Crippen LogP contribution < -0.4 is 5.32 Å². The molecule has 0 aliphatic carbocycles. The van der Waals surface area contributed by atoms with Crippen LogP contribution >= 0.6 is 12.4 Å². The minimum atomic E-state index is -0.229. The highest BCUT2D eigenvalue weighted by atomic mass is 35.5. The fraction of sp³-hybridized carbons (Fsp3) is 0.333. The summed E-state index contributed by atoms with van der Waals surface area (Å²) in [4.78, 5) is 9.32. The van der Waals surface area contributed by atoms with Crippen LogP contribution in [0.1, 0.15) is 26.5 Å². The molecule has 1 N–H and O–H groups in total. The molecule has 144 valence electrons. The van der Waals surface area contributed by atoms with Gasteiger partial charge in [-0.15, -0.1) is 12.4 Å². The topological polar surface area (TPSA) is 47.0 Å². The Labute approximate surface area is 165 Å². The second kappa shape index (κ2) is 8.63. The molecule has 4 nitrogen and oxygen atoms in total. The van der Waals surface area contributed by atoms with Gasteiger partial charge in [0.1, 0.15) is 5.82 Å². The third-order valence-corrected chi connectivity index (χ3v) is 4.23. The summed E-state index contributed by atoms with van der Waals surface area (Å²) in [7, 11) is 1.66. The molecular formula is C21H25ClFN3O. The van der Waals surface area contributed by atoms with E-state index in [1.54, 1.807) is 19.2 Å². The minimum Gasteiger partial charge on any atom is -0.383 e. The van der Waals surface area contributed by atoms with E-state index in [0.29, 0.717) is 24.5 Å². The molecule has 27 heavy (non-hydrogen) atoms. The van der Waals surface area contributed by atoms with E-state index in [4.69, 9.17) is 4.74 Å². The largest absolute Gasteiger partial charge is 0.383 e. The first-order valence-electron chi connectivity index (χ1n) is 8.70. The molecule has 0 spiro atoms. The lowest BCUT2D eigenvalue weighted by molar-refractivity contribution is 0.210. The number of aromatic nitrogens is 2. The zero-order valence-electron chi connectivity index (χ0n) is 16.0. The zero-order chi connectivity index (χ0) is 18.7. The van der Waals surface area contributed by atoms with E-state index in [-0.39, 0.29) is 23.6 Å². The predicted molar refractivity (Wildman–Crippen MR) is 111 cm³/mol. The number of benzene rings is 2. The predicted octanol–water partition coefficient (Wildman–Crippen LogP) is 5.21. The Morgan fingerprint density at radius 1 is 1.04 bits per heavy atom. The van der Waals surface area contributed by atoms with Crippen LogP contribution in [0.2, 0.25) is 0 Å². The molecule has 0 bridgehead atoms. The quantitative estimate of drug-likeness (QED) is 0.608. The van der Waals surface area contributed by atoms with Crippen LogP contribution in [0, 0.1) is 5.82 Å². The normalized spacial score (nSPS) is 11.3. The van der Waals surface area contributed by atoms with Gasteiger partial charge < -0.3 is 10.1 Å². The summed E-state index contributed by atoms with van der Waals surface area (Å²) < 4.78 is 19.3. The first-order valence-corrected chi connectivity index (χ1v) is 8.70. The Hall–Kier alpha value is -2.24. The van der Waals surface area contributed by atoms with Crippen molar-refractivity contribution in [3.63, 3.8) is 0 Å². The van der Waals surface area contributed by atoms with Gasteiger partial charge in [0.25, 0.3) is 0 Å². The van der Waals surface area contributed by atoms with Crippen molar-refractivity contribution in [1.29, 1.82) is 0 Å². The Bertz CT molecular complexity index is 925. The van der Waals surface area contributed by atoms with E-state index < -0.39 is 0 Å². The number of nitrogens with zero attached hydrogens (tertiary/aromatic N) is 2. The standard InChI is InChI=1S/C21H24FN3O.ClH/c1-21(2,3)19-13-18(24-20(25-19)23-11-12-26-4)16-9-10-17(22)15-8-6-5-7-14(15)16;/h5-10,13H,11-12H2,1-4H3,(H,23,24,25);1H. The van der Waals surface area contributed by atoms with Gasteiger partial charge in [0, 0.05) is 30.0 Å². The lowest BCUT2D eigenvalue weighted by atomic mass is 9.90. The number of anilines is 1. The molecule has 2 aromatic carbocycles. The number of hydrogen-bond donors (Lipinski definition) is 1. The second-order valence-electron chi connectivity index (χ2n) is 7.27. The molecule has 0 radical (unpaired) electrons. The van der Waals surface area contributed by atoms with Gasteiger partial charge in [-0.1, -0.05) is 45.0 Å². The first kappa shape index (κ1) is 21.1. The first-order chi connectivity index (χ1) is 12.4. The highest BCUT2D eigenvalue weighted by Gasteiger charge is 2.19. The van der Waals surface area contributed by atoms with Crippen molar-refractivity contribution in [2.75, 3.05) is 25.6 Å². The highest BCUT2D eigenvalue weighted by Crippen LogP contribution is 2.32. The average molecular weight is 390 g/mol. The Morgan fingerprint density at radius 2 is 1.74 bits per heavy atom. The molecule has 1 aromatic heterocycles. The summed E-state index contributed by atoms with van der Waals surface area (Å²) in [6, 6.07) is 12.7. The number of fused-ring (bicyclic) bond motifs is 1. The summed E-state index contributed by atoms with van der Waals surface area (Å²) in [5, 5.41) is 4.64. The van der Waals surface area contributed by atoms with Crippen molar-refractivity contribution in [3.8, 4) is 11.3 Å². The van der Waals surface area contributed by atoms with Crippen LogP contribution in [0.15, 0.2) is 42.5 Å². The van der Waals surface area contributed by atoms with E-state index in [1.165, 1.54) is 6.07 Å². The molecular weight excluding hydrogens is 365 g/mol. The van der Waals surface area contributed by atoms with Crippen molar-refractivity contribution in [3.05, 3.63) is 54.0 Å². The van der Waals surface area contributed by atoms with Crippen molar-refractivity contribution in [1.82, 2.24) is 9.97 Å². The Balaban J connectivity index is 0.00000261. The molecule has 1 heterocycles. The summed E-state index contributed by atoms with van der Waals surface area (Å²) in [6.45, 7) is 7.52. The van der Waals surface area contributed by atoms with E-state index in [9.17, 15) is 4.39 Å². The van der Waals surface area contributed by atoms with Gasteiger partial charge >= 0.3 is 0 Å². The van der Waals surface area contributed by atoms with Crippen molar-refractivity contribution in [2.45, 2.75) is 26.2 Å². The summed E-state index contributed by atoms with van der Waals surface area (Å²) in [5.74, 6) is 0.325. The van der Waals surface area contributed by atoms with E-state index in [2.05, 4.69) is 36.1 Å². The van der Waals surface area contributed by atoms with Crippen LogP contribution in [0.5, 0.6) is 0 Å². The molecule has 0 amide bonds. The lowest BCUT2D eigenvalue weighted by Crippen LogP contribution is -2.17. The van der Waals surface area contributed by atoms with Gasteiger partial charge in [0.05, 0.1) is 18.0 Å². The molecule has 0 atom stereocenters. The maximum atomic E-state index is 14.2. The van der Waals surface area contributed by atoms with Crippen molar-refractivity contribution < 1.29 is 9.13 Å². The van der Waals surface area contributed by atoms with Gasteiger partial charge in [0.2, 0.25) is 5.95 Å². The van der Waals surface area contributed by atoms with E-state index >= 15 is 0 Å². The highest BCUT2D eigenvalue weighted by molar-refractivity contribution is 5.96. The number of halogens is 2. The molecule has 0 fully saturated rings. The molecule has 3 aromatic rings. The molecule has 0 saturated carbocycles. The van der Waals surface area contributed by atoms with Gasteiger partial charge in [0.15, 0.2) is 0 Å². The third kappa shape index (κ3) is 4.73. The molecule has 0 aliphatic rings. The molecule has 3 rings (SSSR count). The number of ether oxygens (including phenoxy) is 1.